The number of alkyl halides is 3. The van der Waals surface area contributed by atoms with E-state index >= 15 is 0 Å². The van der Waals surface area contributed by atoms with E-state index < -0.39 is 22.8 Å². The zero-order valence-electron chi connectivity index (χ0n) is 6.27. The number of aromatic nitrogens is 2. The van der Waals surface area contributed by atoms with Gasteiger partial charge in [-0.3, -0.25) is 4.79 Å². The largest absolute Gasteiger partial charge is 0.456 e. The fourth-order valence-electron chi connectivity index (χ4n) is 0.633. The van der Waals surface area contributed by atoms with Gasteiger partial charge in [-0.2, -0.15) is 13.2 Å². The first-order valence-corrected chi connectivity index (χ1v) is 3.87. The average Bonchev–Trinajstić information content (AvgIpc) is 2.01. The molecule has 3 nitrogen and oxygen atoms in total. The van der Waals surface area contributed by atoms with Crippen molar-refractivity contribution in [2.45, 2.75) is 6.18 Å². The number of Topliss-reactive ketones (excluding diaryl/α,β-unsaturated/α-hetero) is 1. The standard InChI is InChI=1S/C6HCl2F3N2O/c7-2-1-12-3(5(8)13-2)4(14)6(9,10)11/h1H. The maximum absolute atomic E-state index is 11.9. The first-order chi connectivity index (χ1) is 6.32. The van der Waals surface area contributed by atoms with Crippen LogP contribution in [0.1, 0.15) is 10.5 Å². The normalized spacial score (nSPS) is 11.5. The number of carbonyl (C=O) groups is 1. The molecule has 8 heteroatoms. The molecule has 76 valence electrons. The lowest BCUT2D eigenvalue weighted by Crippen LogP contribution is -2.24. The summed E-state index contributed by atoms with van der Waals surface area (Å²) in [6, 6.07) is 0. The molecule has 0 aromatic carbocycles. The molecule has 0 aliphatic carbocycles. The van der Waals surface area contributed by atoms with E-state index in [1.54, 1.807) is 0 Å². The molecule has 1 heterocycles. The number of rotatable bonds is 1. The molecule has 1 rings (SSSR count). The first kappa shape index (κ1) is 11.2. The molecule has 0 unspecified atom stereocenters. The predicted octanol–water partition coefficient (Wildman–Crippen LogP) is 2.53. The summed E-state index contributed by atoms with van der Waals surface area (Å²) in [4.78, 5) is 17.0. The molecule has 0 saturated carbocycles. The van der Waals surface area contributed by atoms with Crippen LogP contribution in [0.3, 0.4) is 0 Å². The molecule has 0 fully saturated rings. The number of hydrogen-bond acceptors (Lipinski definition) is 3. The molecule has 0 amide bonds. The highest BCUT2D eigenvalue weighted by molar-refractivity contribution is 6.34. The van der Waals surface area contributed by atoms with Gasteiger partial charge in [-0.25, -0.2) is 9.97 Å². The van der Waals surface area contributed by atoms with E-state index in [9.17, 15) is 18.0 Å². The molecule has 14 heavy (non-hydrogen) atoms. The molecule has 0 aliphatic heterocycles. The molecule has 0 atom stereocenters. The Labute approximate surface area is 85.9 Å². The Hall–Kier alpha value is -0.880. The molecular weight excluding hydrogens is 244 g/mol. The Bertz CT molecular complexity index is 380. The van der Waals surface area contributed by atoms with Gasteiger partial charge in [-0.15, -0.1) is 0 Å². The number of ketones is 1. The Morgan fingerprint density at radius 3 is 2.36 bits per heavy atom. The maximum Gasteiger partial charge on any atom is 0.456 e. The topological polar surface area (TPSA) is 42.9 Å². The van der Waals surface area contributed by atoms with Crippen molar-refractivity contribution in [3.05, 3.63) is 22.2 Å². The van der Waals surface area contributed by atoms with Crippen molar-refractivity contribution in [2.75, 3.05) is 0 Å². The molecule has 0 bridgehead atoms. The number of nitrogens with zero attached hydrogens (tertiary/aromatic N) is 2. The zero-order chi connectivity index (χ0) is 10.9. The Balaban J connectivity index is 3.15. The van der Waals surface area contributed by atoms with Gasteiger partial charge in [0.05, 0.1) is 6.20 Å². The van der Waals surface area contributed by atoms with E-state index in [1.165, 1.54) is 0 Å². The minimum absolute atomic E-state index is 0.186. The van der Waals surface area contributed by atoms with Gasteiger partial charge in [0.15, 0.2) is 10.8 Å². The summed E-state index contributed by atoms with van der Waals surface area (Å²) >= 11 is 10.5. The quantitative estimate of drug-likeness (QED) is 0.714. The molecule has 0 N–H and O–H groups in total. The second kappa shape index (κ2) is 3.70. The van der Waals surface area contributed by atoms with Crippen molar-refractivity contribution in [1.82, 2.24) is 9.97 Å². The van der Waals surface area contributed by atoms with Crippen LogP contribution >= 0.6 is 23.2 Å². The first-order valence-electron chi connectivity index (χ1n) is 3.12. The van der Waals surface area contributed by atoms with Gasteiger partial charge in [0.25, 0.3) is 5.78 Å². The van der Waals surface area contributed by atoms with Gasteiger partial charge in [0, 0.05) is 0 Å². The van der Waals surface area contributed by atoms with Crippen LogP contribution in [0, 0.1) is 0 Å². The van der Waals surface area contributed by atoms with Crippen molar-refractivity contribution in [1.29, 1.82) is 0 Å². The van der Waals surface area contributed by atoms with Crippen LogP contribution in [0.4, 0.5) is 13.2 Å². The third-order valence-corrected chi connectivity index (χ3v) is 1.62. The average molecular weight is 245 g/mol. The lowest BCUT2D eigenvalue weighted by atomic mass is 10.3. The Morgan fingerprint density at radius 2 is 1.93 bits per heavy atom. The van der Waals surface area contributed by atoms with Crippen LogP contribution in [0.5, 0.6) is 0 Å². The second-order valence-corrected chi connectivity index (χ2v) is 2.90. The van der Waals surface area contributed by atoms with Crippen LogP contribution in [0.25, 0.3) is 0 Å². The van der Waals surface area contributed by atoms with Crippen molar-refractivity contribution >= 4 is 29.0 Å². The highest BCUT2D eigenvalue weighted by Crippen LogP contribution is 2.24. The van der Waals surface area contributed by atoms with E-state index in [0.717, 1.165) is 6.20 Å². The zero-order valence-corrected chi connectivity index (χ0v) is 7.78. The van der Waals surface area contributed by atoms with Gasteiger partial charge >= 0.3 is 6.18 Å². The summed E-state index contributed by atoms with van der Waals surface area (Å²) in [6.45, 7) is 0. The number of hydrogen-bond donors (Lipinski definition) is 0. The molecule has 1 aromatic heterocycles. The van der Waals surface area contributed by atoms with E-state index in [4.69, 9.17) is 23.2 Å². The lowest BCUT2D eigenvalue weighted by Gasteiger charge is -2.04. The summed E-state index contributed by atoms with van der Waals surface area (Å²) in [5, 5.41) is -0.853. The SMILES string of the molecule is O=C(c1ncc(Cl)nc1Cl)C(F)(F)F. The molecule has 1 aromatic rings. The van der Waals surface area contributed by atoms with Crippen molar-refractivity contribution in [3.8, 4) is 0 Å². The third kappa shape index (κ3) is 2.33. The van der Waals surface area contributed by atoms with Gasteiger partial charge < -0.3 is 0 Å². The second-order valence-electron chi connectivity index (χ2n) is 2.16. The van der Waals surface area contributed by atoms with Crippen molar-refractivity contribution < 1.29 is 18.0 Å². The Morgan fingerprint density at radius 1 is 1.36 bits per heavy atom. The van der Waals surface area contributed by atoms with Crippen molar-refractivity contribution in [2.24, 2.45) is 0 Å². The fourth-order valence-corrected chi connectivity index (χ4v) is 1.04. The lowest BCUT2D eigenvalue weighted by molar-refractivity contribution is -0.0888. The molecule has 0 saturated heterocycles. The van der Waals surface area contributed by atoms with E-state index in [1.807, 2.05) is 0 Å². The van der Waals surface area contributed by atoms with Crippen LogP contribution in [-0.4, -0.2) is 21.9 Å². The highest BCUT2D eigenvalue weighted by Gasteiger charge is 2.41. The summed E-state index contributed by atoms with van der Waals surface area (Å²) in [7, 11) is 0. The highest BCUT2D eigenvalue weighted by atomic mass is 35.5. The van der Waals surface area contributed by atoms with Gasteiger partial charge in [0.2, 0.25) is 0 Å². The molecule has 0 spiro atoms. The summed E-state index contributed by atoms with van der Waals surface area (Å²) in [5.74, 6) is -2.15. The maximum atomic E-state index is 11.9. The van der Waals surface area contributed by atoms with E-state index in [2.05, 4.69) is 9.97 Å². The number of halogens is 5. The van der Waals surface area contributed by atoms with Crippen LogP contribution in [-0.2, 0) is 0 Å². The smallest absolute Gasteiger partial charge is 0.282 e. The van der Waals surface area contributed by atoms with Gasteiger partial charge in [-0.05, 0) is 0 Å². The molecule has 0 radical (unpaired) electrons. The third-order valence-electron chi connectivity index (χ3n) is 1.17. The van der Waals surface area contributed by atoms with E-state index in [0.29, 0.717) is 0 Å². The summed E-state index contributed by atoms with van der Waals surface area (Å²) in [5.41, 5.74) is -0.955. The summed E-state index contributed by atoms with van der Waals surface area (Å²) in [6.07, 6.45) is -4.21. The van der Waals surface area contributed by atoms with Crippen LogP contribution in [0.2, 0.25) is 10.3 Å². The monoisotopic (exact) mass is 244 g/mol. The van der Waals surface area contributed by atoms with E-state index in [-0.39, 0.29) is 5.15 Å². The minimum atomic E-state index is -5.02. The number of carbonyl (C=O) groups excluding carboxylic acids is 1. The van der Waals surface area contributed by atoms with Gasteiger partial charge in [0.1, 0.15) is 5.15 Å². The predicted molar refractivity (Wildman–Crippen MR) is 42.4 cm³/mol. The van der Waals surface area contributed by atoms with Crippen molar-refractivity contribution in [3.63, 3.8) is 0 Å². The fraction of sp³-hybridized carbons (Fsp3) is 0.167. The minimum Gasteiger partial charge on any atom is -0.282 e. The van der Waals surface area contributed by atoms with Gasteiger partial charge in [-0.1, -0.05) is 23.2 Å². The molecular formula is C6HCl2F3N2O. The van der Waals surface area contributed by atoms with Crippen LogP contribution in [0.15, 0.2) is 6.20 Å². The Kier molecular flexibility index (Phi) is 2.96. The van der Waals surface area contributed by atoms with Crippen LogP contribution < -0.4 is 0 Å². The molecule has 0 aliphatic rings. The summed E-state index contributed by atoms with van der Waals surface area (Å²) < 4.78 is 35.7.